The van der Waals surface area contributed by atoms with E-state index in [1.807, 2.05) is 0 Å². The summed E-state index contributed by atoms with van der Waals surface area (Å²) < 4.78 is 8.89. The average molecular weight is 718 g/mol. The molecule has 56 heavy (non-hydrogen) atoms. The molecule has 9 aromatic carbocycles. The standard InChI is InChI=1S/C52H35N3O/c1-5-18-37(19-6-1)53(41-30-32-49-45(33-41)51-43-26-14-13-17-36(43)29-31-50(51)56-49)42-34-47(54(38-20-7-2-8-21-38)39-22-9-3-10-23-39)52-44-27-15-16-28-46(44)55(48(52)35-42)40-24-11-4-12-25-40/h1-35H. The molecule has 0 amide bonds. The third-order valence-corrected chi connectivity index (χ3v) is 10.9. The summed E-state index contributed by atoms with van der Waals surface area (Å²) in [5.74, 6) is 0. The average Bonchev–Trinajstić information content (AvgIpc) is 3.81. The Kier molecular flexibility index (Phi) is 7.46. The molecule has 4 heteroatoms. The van der Waals surface area contributed by atoms with Crippen LogP contribution in [0.2, 0.25) is 0 Å². The highest BCUT2D eigenvalue weighted by Gasteiger charge is 2.25. The van der Waals surface area contributed by atoms with Crippen LogP contribution in [0.15, 0.2) is 217 Å². The van der Waals surface area contributed by atoms with Crippen molar-refractivity contribution >= 4 is 88.6 Å². The summed E-state index contributed by atoms with van der Waals surface area (Å²) in [6, 6.07) is 75.7. The second-order valence-corrected chi connectivity index (χ2v) is 14.2. The van der Waals surface area contributed by atoms with Crippen LogP contribution in [0.1, 0.15) is 0 Å². The van der Waals surface area contributed by atoms with Crippen LogP contribution in [0.5, 0.6) is 0 Å². The second kappa shape index (κ2) is 13.1. The quantitative estimate of drug-likeness (QED) is 0.164. The minimum atomic E-state index is 0.868. The minimum Gasteiger partial charge on any atom is -0.456 e. The lowest BCUT2D eigenvalue weighted by Gasteiger charge is -2.30. The zero-order chi connectivity index (χ0) is 37.0. The number of hydrogen-bond acceptors (Lipinski definition) is 3. The molecule has 11 rings (SSSR count). The monoisotopic (exact) mass is 717 g/mol. The van der Waals surface area contributed by atoms with Crippen molar-refractivity contribution < 1.29 is 4.42 Å². The SMILES string of the molecule is c1ccc(N(c2ccc3oc4ccc5ccccc5c4c3c2)c2cc(N(c3ccccc3)c3ccccc3)c3c4ccccc4n(-c4ccccc4)c3c2)cc1. The van der Waals surface area contributed by atoms with Gasteiger partial charge < -0.3 is 18.8 Å². The number of para-hydroxylation sites is 5. The van der Waals surface area contributed by atoms with Crippen molar-refractivity contribution in [1.82, 2.24) is 4.57 Å². The molecule has 0 aliphatic carbocycles. The molecule has 0 atom stereocenters. The number of fused-ring (bicyclic) bond motifs is 8. The van der Waals surface area contributed by atoms with Crippen LogP contribution in [0.25, 0.3) is 60.2 Å². The zero-order valence-corrected chi connectivity index (χ0v) is 30.5. The smallest absolute Gasteiger partial charge is 0.136 e. The highest BCUT2D eigenvalue weighted by molar-refractivity contribution is 6.20. The van der Waals surface area contributed by atoms with Gasteiger partial charge in [-0.15, -0.1) is 0 Å². The van der Waals surface area contributed by atoms with E-state index in [1.165, 1.54) is 21.5 Å². The van der Waals surface area contributed by atoms with Crippen LogP contribution in [-0.2, 0) is 0 Å². The van der Waals surface area contributed by atoms with Crippen molar-refractivity contribution in [3.05, 3.63) is 212 Å². The fraction of sp³-hybridized carbons (Fsp3) is 0. The number of anilines is 6. The van der Waals surface area contributed by atoms with Gasteiger partial charge >= 0.3 is 0 Å². The van der Waals surface area contributed by atoms with Crippen molar-refractivity contribution in [1.29, 1.82) is 0 Å². The molecule has 0 bridgehead atoms. The molecule has 11 aromatic rings. The van der Waals surface area contributed by atoms with E-state index in [9.17, 15) is 0 Å². The Hall–Kier alpha value is -7.56. The van der Waals surface area contributed by atoms with Crippen molar-refractivity contribution in [2.24, 2.45) is 0 Å². The van der Waals surface area contributed by atoms with Crippen LogP contribution in [0.3, 0.4) is 0 Å². The molecule has 0 saturated heterocycles. The zero-order valence-electron chi connectivity index (χ0n) is 30.5. The Morgan fingerprint density at radius 2 is 0.911 bits per heavy atom. The van der Waals surface area contributed by atoms with Gasteiger partial charge in [0.15, 0.2) is 0 Å². The van der Waals surface area contributed by atoms with Crippen molar-refractivity contribution in [3.63, 3.8) is 0 Å². The number of nitrogens with zero attached hydrogens (tertiary/aromatic N) is 3. The highest BCUT2D eigenvalue weighted by Crippen LogP contribution is 2.48. The predicted octanol–water partition coefficient (Wildman–Crippen LogP) is 14.8. The van der Waals surface area contributed by atoms with E-state index in [0.29, 0.717) is 0 Å². The summed E-state index contributed by atoms with van der Waals surface area (Å²) >= 11 is 0. The second-order valence-electron chi connectivity index (χ2n) is 14.2. The number of rotatable bonds is 7. The van der Waals surface area contributed by atoms with Crippen molar-refractivity contribution in [3.8, 4) is 5.69 Å². The fourth-order valence-corrected chi connectivity index (χ4v) is 8.50. The largest absolute Gasteiger partial charge is 0.456 e. The third-order valence-electron chi connectivity index (χ3n) is 10.9. The molecule has 0 spiro atoms. The maximum Gasteiger partial charge on any atom is 0.136 e. The first-order chi connectivity index (χ1) is 27.8. The maximum atomic E-state index is 6.48. The molecule has 264 valence electrons. The molecule has 0 N–H and O–H groups in total. The Morgan fingerprint density at radius 3 is 1.61 bits per heavy atom. The van der Waals surface area contributed by atoms with Crippen molar-refractivity contribution in [2.45, 2.75) is 0 Å². The predicted molar refractivity (Wildman–Crippen MR) is 235 cm³/mol. The van der Waals surface area contributed by atoms with Gasteiger partial charge in [-0.05, 0) is 102 Å². The molecule has 0 fully saturated rings. The van der Waals surface area contributed by atoms with Crippen LogP contribution in [-0.4, -0.2) is 4.57 Å². The summed E-state index contributed by atoms with van der Waals surface area (Å²) in [7, 11) is 0. The van der Waals surface area contributed by atoms with E-state index in [1.54, 1.807) is 0 Å². The molecule has 2 heterocycles. The van der Waals surface area contributed by atoms with Crippen LogP contribution < -0.4 is 9.80 Å². The molecule has 0 saturated carbocycles. The normalized spacial score (nSPS) is 11.6. The van der Waals surface area contributed by atoms with Crippen molar-refractivity contribution in [2.75, 3.05) is 9.80 Å². The summed E-state index contributed by atoms with van der Waals surface area (Å²) in [4.78, 5) is 4.78. The lowest BCUT2D eigenvalue weighted by molar-refractivity contribution is 0.669. The summed E-state index contributed by atoms with van der Waals surface area (Å²) in [6.45, 7) is 0. The van der Waals surface area contributed by atoms with Crippen LogP contribution in [0.4, 0.5) is 34.1 Å². The molecule has 4 nitrogen and oxygen atoms in total. The van der Waals surface area contributed by atoms with Gasteiger partial charge in [0.25, 0.3) is 0 Å². The Balaban J connectivity index is 1.26. The number of furan rings is 1. The summed E-state index contributed by atoms with van der Waals surface area (Å²) in [5, 5.41) is 6.96. The molecule has 0 unspecified atom stereocenters. The molecular formula is C52H35N3O. The van der Waals surface area contributed by atoms with Crippen LogP contribution >= 0.6 is 0 Å². The molecular weight excluding hydrogens is 683 g/mol. The van der Waals surface area contributed by atoms with Gasteiger partial charge in [0.1, 0.15) is 11.2 Å². The van der Waals surface area contributed by atoms with Gasteiger partial charge in [-0.2, -0.15) is 0 Å². The van der Waals surface area contributed by atoms with E-state index >= 15 is 0 Å². The summed E-state index contributed by atoms with van der Waals surface area (Å²) in [6.07, 6.45) is 0. The van der Waals surface area contributed by atoms with E-state index in [2.05, 4.69) is 227 Å². The van der Waals surface area contributed by atoms with Gasteiger partial charge in [-0.1, -0.05) is 121 Å². The molecule has 0 aliphatic rings. The minimum absolute atomic E-state index is 0.868. The third kappa shape index (κ3) is 5.15. The first-order valence-electron chi connectivity index (χ1n) is 19.0. The molecule has 2 aromatic heterocycles. The van der Waals surface area contributed by atoms with E-state index in [4.69, 9.17) is 4.42 Å². The highest BCUT2D eigenvalue weighted by atomic mass is 16.3. The lowest BCUT2D eigenvalue weighted by Crippen LogP contribution is -2.14. The molecule has 0 radical (unpaired) electrons. The van der Waals surface area contributed by atoms with E-state index in [-0.39, 0.29) is 0 Å². The topological polar surface area (TPSA) is 24.6 Å². The Morgan fingerprint density at radius 1 is 0.339 bits per heavy atom. The Bertz CT molecular complexity index is 3150. The van der Waals surface area contributed by atoms with Gasteiger partial charge in [0, 0.05) is 50.0 Å². The Labute approximate surface area is 324 Å². The number of hydrogen-bond donors (Lipinski definition) is 0. The first kappa shape index (κ1) is 31.9. The van der Waals surface area contributed by atoms with Gasteiger partial charge in [0.05, 0.1) is 22.4 Å². The van der Waals surface area contributed by atoms with Gasteiger partial charge in [-0.25, -0.2) is 0 Å². The van der Waals surface area contributed by atoms with E-state index < -0.39 is 0 Å². The van der Waals surface area contributed by atoms with Gasteiger partial charge in [-0.3, -0.25) is 0 Å². The number of benzene rings is 9. The first-order valence-corrected chi connectivity index (χ1v) is 19.0. The fourth-order valence-electron chi connectivity index (χ4n) is 8.50. The van der Waals surface area contributed by atoms with Gasteiger partial charge in [0.2, 0.25) is 0 Å². The van der Waals surface area contributed by atoms with E-state index in [0.717, 1.165) is 72.8 Å². The summed E-state index contributed by atoms with van der Waals surface area (Å²) in [5.41, 5.74) is 11.5. The number of aromatic nitrogens is 1. The lowest BCUT2D eigenvalue weighted by atomic mass is 10.0. The molecule has 0 aliphatic heterocycles. The van der Waals surface area contributed by atoms with Crippen LogP contribution in [0, 0.1) is 0 Å². The maximum absolute atomic E-state index is 6.48.